The summed E-state index contributed by atoms with van der Waals surface area (Å²) in [5.41, 5.74) is 1.66. The molecule has 0 amide bonds. The molecule has 0 spiro atoms. The van der Waals surface area contributed by atoms with Crippen LogP contribution in [0.1, 0.15) is 32.9 Å². The molecular formula is C14H19IN4O. The lowest BCUT2D eigenvalue weighted by Crippen LogP contribution is -2.18. The summed E-state index contributed by atoms with van der Waals surface area (Å²) >= 11 is 2.07. The fourth-order valence-electron chi connectivity index (χ4n) is 2.07. The number of halogens is 1. The molecule has 5 nitrogen and oxygen atoms in total. The van der Waals surface area contributed by atoms with Crippen molar-refractivity contribution in [2.45, 2.75) is 40.2 Å². The van der Waals surface area contributed by atoms with Gasteiger partial charge >= 0.3 is 0 Å². The number of nitrogens with one attached hydrogen (secondary N) is 1. The van der Waals surface area contributed by atoms with Crippen LogP contribution in [-0.4, -0.2) is 19.7 Å². The van der Waals surface area contributed by atoms with Crippen molar-refractivity contribution >= 4 is 22.6 Å². The quantitative estimate of drug-likeness (QED) is 0.804. The molecule has 2 aromatic rings. The Bertz CT molecular complexity index is 645. The van der Waals surface area contributed by atoms with Crippen molar-refractivity contribution in [2.75, 3.05) is 0 Å². The van der Waals surface area contributed by atoms with Crippen molar-refractivity contribution < 1.29 is 0 Å². The first-order valence-electron chi connectivity index (χ1n) is 6.83. The molecule has 20 heavy (non-hydrogen) atoms. The topological polar surface area (TPSA) is 63.6 Å². The van der Waals surface area contributed by atoms with Crippen LogP contribution in [0.4, 0.5) is 0 Å². The summed E-state index contributed by atoms with van der Waals surface area (Å²) in [5, 5.41) is 4.28. The van der Waals surface area contributed by atoms with Crippen molar-refractivity contribution in [3.8, 4) is 11.5 Å². The molecule has 6 heteroatoms. The van der Waals surface area contributed by atoms with Crippen LogP contribution in [0.3, 0.4) is 0 Å². The summed E-state index contributed by atoms with van der Waals surface area (Å²) in [6.45, 7) is 7.16. The van der Waals surface area contributed by atoms with Crippen molar-refractivity contribution in [1.82, 2.24) is 19.7 Å². The highest BCUT2D eigenvalue weighted by molar-refractivity contribution is 14.1. The SMILES string of the molecule is CCCn1nccc1-c1nc(CC(C)C)c(I)c(=O)[nH]1. The summed E-state index contributed by atoms with van der Waals surface area (Å²) < 4.78 is 2.56. The van der Waals surface area contributed by atoms with Gasteiger partial charge < -0.3 is 4.98 Å². The molecule has 2 aromatic heterocycles. The molecule has 0 bridgehead atoms. The molecule has 0 fully saturated rings. The lowest BCUT2D eigenvalue weighted by Gasteiger charge is -2.10. The Morgan fingerprint density at radius 1 is 1.45 bits per heavy atom. The van der Waals surface area contributed by atoms with E-state index in [0.29, 0.717) is 15.3 Å². The van der Waals surface area contributed by atoms with E-state index < -0.39 is 0 Å². The minimum absolute atomic E-state index is 0.0736. The number of aryl methyl sites for hydroxylation is 1. The van der Waals surface area contributed by atoms with Crippen molar-refractivity contribution in [3.05, 3.63) is 31.9 Å². The average Bonchev–Trinajstić information content (AvgIpc) is 2.83. The molecule has 0 aliphatic carbocycles. The van der Waals surface area contributed by atoms with E-state index in [1.807, 2.05) is 10.7 Å². The van der Waals surface area contributed by atoms with Crippen LogP contribution in [0.5, 0.6) is 0 Å². The Kier molecular flexibility index (Phi) is 4.95. The van der Waals surface area contributed by atoms with Gasteiger partial charge in [-0.3, -0.25) is 9.48 Å². The molecular weight excluding hydrogens is 367 g/mol. The monoisotopic (exact) mass is 386 g/mol. The number of nitrogens with zero attached hydrogens (tertiary/aromatic N) is 3. The van der Waals surface area contributed by atoms with Gasteiger partial charge in [0.2, 0.25) is 0 Å². The Hall–Kier alpha value is -1.18. The lowest BCUT2D eigenvalue weighted by atomic mass is 10.1. The second-order valence-electron chi connectivity index (χ2n) is 5.21. The van der Waals surface area contributed by atoms with E-state index in [1.54, 1.807) is 6.20 Å². The van der Waals surface area contributed by atoms with Crippen LogP contribution in [0.15, 0.2) is 17.1 Å². The molecule has 108 valence electrons. The van der Waals surface area contributed by atoms with E-state index in [1.165, 1.54) is 0 Å². The van der Waals surface area contributed by atoms with Gasteiger partial charge in [0.15, 0.2) is 5.82 Å². The van der Waals surface area contributed by atoms with Gasteiger partial charge in [0.05, 0.1) is 9.26 Å². The molecule has 0 saturated carbocycles. The molecule has 0 saturated heterocycles. The van der Waals surface area contributed by atoms with Gasteiger partial charge in [-0.15, -0.1) is 0 Å². The summed E-state index contributed by atoms with van der Waals surface area (Å²) in [7, 11) is 0. The fraction of sp³-hybridized carbons (Fsp3) is 0.500. The molecule has 0 unspecified atom stereocenters. The second kappa shape index (κ2) is 6.51. The van der Waals surface area contributed by atoms with Crippen molar-refractivity contribution in [1.29, 1.82) is 0 Å². The van der Waals surface area contributed by atoms with E-state index in [4.69, 9.17) is 0 Å². The van der Waals surface area contributed by atoms with Gasteiger partial charge in [0.1, 0.15) is 5.69 Å². The molecule has 1 N–H and O–H groups in total. The van der Waals surface area contributed by atoms with Crippen LogP contribution in [0.2, 0.25) is 0 Å². The predicted octanol–water partition coefficient (Wildman–Crippen LogP) is 2.85. The van der Waals surface area contributed by atoms with Gasteiger partial charge in [-0.1, -0.05) is 20.8 Å². The zero-order valence-corrected chi connectivity index (χ0v) is 14.1. The molecule has 0 aliphatic rings. The maximum absolute atomic E-state index is 12.1. The number of aromatic nitrogens is 4. The Labute approximate surface area is 132 Å². The smallest absolute Gasteiger partial charge is 0.264 e. The van der Waals surface area contributed by atoms with Crippen LogP contribution in [0, 0.1) is 9.49 Å². The Balaban J connectivity index is 2.49. The summed E-state index contributed by atoms with van der Waals surface area (Å²) in [5.74, 6) is 1.07. The van der Waals surface area contributed by atoms with Gasteiger partial charge in [0, 0.05) is 12.7 Å². The van der Waals surface area contributed by atoms with E-state index in [0.717, 1.165) is 30.8 Å². The van der Waals surface area contributed by atoms with Gasteiger partial charge in [-0.25, -0.2) is 4.98 Å². The summed E-state index contributed by atoms with van der Waals surface area (Å²) in [6.07, 6.45) is 3.53. The average molecular weight is 386 g/mol. The second-order valence-corrected chi connectivity index (χ2v) is 6.29. The molecule has 0 atom stereocenters. The third-order valence-corrected chi connectivity index (χ3v) is 4.04. The lowest BCUT2D eigenvalue weighted by molar-refractivity contribution is 0.604. The third kappa shape index (κ3) is 3.28. The zero-order valence-electron chi connectivity index (χ0n) is 12.0. The number of hydrogen-bond donors (Lipinski definition) is 1. The summed E-state index contributed by atoms with van der Waals surface area (Å²) in [6, 6.07) is 1.89. The normalized spacial score (nSPS) is 11.2. The standard InChI is InChI=1S/C14H19IN4O/c1-4-7-19-11(5-6-16-19)13-17-10(8-9(2)3)12(15)14(20)18-13/h5-6,9H,4,7-8H2,1-3H3,(H,17,18,20). The van der Waals surface area contributed by atoms with Gasteiger partial charge in [-0.2, -0.15) is 5.10 Å². The van der Waals surface area contributed by atoms with Crippen molar-refractivity contribution in [2.24, 2.45) is 5.92 Å². The first-order chi connectivity index (χ1) is 9.52. The number of aromatic amines is 1. The van der Waals surface area contributed by atoms with E-state index in [2.05, 4.69) is 58.4 Å². The highest BCUT2D eigenvalue weighted by Gasteiger charge is 2.14. The van der Waals surface area contributed by atoms with Gasteiger partial charge in [0.25, 0.3) is 5.56 Å². The van der Waals surface area contributed by atoms with Crippen LogP contribution < -0.4 is 5.56 Å². The Morgan fingerprint density at radius 3 is 2.85 bits per heavy atom. The largest absolute Gasteiger partial charge is 0.304 e. The maximum Gasteiger partial charge on any atom is 0.264 e. The highest BCUT2D eigenvalue weighted by atomic mass is 127. The number of rotatable bonds is 5. The maximum atomic E-state index is 12.1. The van der Waals surface area contributed by atoms with Crippen LogP contribution in [-0.2, 0) is 13.0 Å². The van der Waals surface area contributed by atoms with E-state index in [9.17, 15) is 4.79 Å². The zero-order chi connectivity index (χ0) is 14.7. The first kappa shape index (κ1) is 15.2. The van der Waals surface area contributed by atoms with E-state index in [-0.39, 0.29) is 5.56 Å². The summed E-state index contributed by atoms with van der Waals surface area (Å²) in [4.78, 5) is 19.6. The Morgan fingerprint density at radius 2 is 2.20 bits per heavy atom. The fourth-order valence-corrected chi connectivity index (χ4v) is 2.55. The predicted molar refractivity (Wildman–Crippen MR) is 87.6 cm³/mol. The van der Waals surface area contributed by atoms with E-state index >= 15 is 0 Å². The number of H-pyrrole nitrogens is 1. The molecule has 2 heterocycles. The third-order valence-electron chi connectivity index (χ3n) is 2.93. The van der Waals surface area contributed by atoms with Gasteiger partial charge in [-0.05, 0) is 47.4 Å². The molecule has 0 radical (unpaired) electrons. The van der Waals surface area contributed by atoms with Crippen LogP contribution in [0.25, 0.3) is 11.5 Å². The minimum Gasteiger partial charge on any atom is -0.304 e. The van der Waals surface area contributed by atoms with Crippen molar-refractivity contribution in [3.63, 3.8) is 0 Å². The van der Waals surface area contributed by atoms with Crippen LogP contribution >= 0.6 is 22.6 Å². The highest BCUT2D eigenvalue weighted by Crippen LogP contribution is 2.17. The molecule has 0 aliphatic heterocycles. The molecule has 2 rings (SSSR count). The first-order valence-corrected chi connectivity index (χ1v) is 7.91. The minimum atomic E-state index is -0.0736. The molecule has 0 aromatic carbocycles. The number of hydrogen-bond acceptors (Lipinski definition) is 3.